The molecule has 0 saturated heterocycles. The van der Waals surface area contributed by atoms with Crippen molar-refractivity contribution < 1.29 is 8.78 Å². The van der Waals surface area contributed by atoms with E-state index in [0.29, 0.717) is 6.54 Å². The van der Waals surface area contributed by atoms with Crippen molar-refractivity contribution in [2.24, 2.45) is 0 Å². The average molecular weight is 231 g/mol. The van der Waals surface area contributed by atoms with E-state index in [9.17, 15) is 8.78 Å². The molecule has 0 atom stereocenters. The van der Waals surface area contributed by atoms with E-state index in [1.807, 2.05) is 32.0 Å². The number of aryl methyl sites for hydroxylation is 1. The van der Waals surface area contributed by atoms with Gasteiger partial charge in [-0.05, 0) is 6.92 Å². The third-order valence-corrected chi connectivity index (χ3v) is 1.73. The van der Waals surface area contributed by atoms with Gasteiger partial charge in [0.25, 0.3) is 0 Å². The normalized spacial score (nSPS) is 8.69. The van der Waals surface area contributed by atoms with Gasteiger partial charge in [0, 0.05) is 6.54 Å². The quantitative estimate of drug-likeness (QED) is 0.705. The molecule has 0 aliphatic carbocycles. The lowest BCUT2D eigenvalue weighted by atomic mass is 10.2. The van der Waals surface area contributed by atoms with Crippen LogP contribution in [0.2, 0.25) is 0 Å². The smallest absolute Gasteiger partial charge is 0.144 e. The van der Waals surface area contributed by atoms with Crippen LogP contribution in [0, 0.1) is 6.92 Å². The van der Waals surface area contributed by atoms with Gasteiger partial charge in [0.1, 0.15) is 13.6 Å². The fraction of sp³-hybridized carbons (Fsp3) is 0.538. The van der Waals surface area contributed by atoms with Gasteiger partial charge in [0.2, 0.25) is 0 Å². The molecular formula is C13H23F2N. The van der Waals surface area contributed by atoms with Gasteiger partial charge < -0.3 is 0 Å². The Hall–Kier alpha value is -0.960. The summed E-state index contributed by atoms with van der Waals surface area (Å²) in [5.41, 5.74) is 1.32. The van der Waals surface area contributed by atoms with Crippen LogP contribution in [0.25, 0.3) is 0 Å². The van der Waals surface area contributed by atoms with Gasteiger partial charge in [0.05, 0.1) is 0 Å². The zero-order valence-corrected chi connectivity index (χ0v) is 10.7. The average Bonchev–Trinajstić information content (AvgIpc) is 2.36. The number of alkyl halides is 2. The highest BCUT2D eigenvalue weighted by Gasteiger charge is 1.94. The van der Waals surface area contributed by atoms with Crippen molar-refractivity contribution in [3.8, 4) is 0 Å². The summed E-state index contributed by atoms with van der Waals surface area (Å²) >= 11 is 0. The first kappa shape index (κ1) is 17.4. The highest BCUT2D eigenvalue weighted by atomic mass is 19.1. The standard InChI is InChI=1S/C7H8.C4H9F2N.C2H6/c1-7-5-3-2-4-6-7;1-2-7(3-5)4-6;1-2/h2-6H,1H3;2-4H2,1H3;1-2H3. The van der Waals surface area contributed by atoms with E-state index >= 15 is 0 Å². The highest BCUT2D eigenvalue weighted by Crippen LogP contribution is 1.92. The Balaban J connectivity index is 0. The molecule has 3 heteroatoms. The lowest BCUT2D eigenvalue weighted by Gasteiger charge is -2.07. The maximum absolute atomic E-state index is 11.3. The molecule has 0 unspecified atom stereocenters. The SMILES string of the molecule is CC.CCN(CF)CF.Cc1ccccc1. The molecule has 94 valence electrons. The van der Waals surface area contributed by atoms with Gasteiger partial charge in [-0.2, -0.15) is 0 Å². The summed E-state index contributed by atoms with van der Waals surface area (Å²) in [6.07, 6.45) is 0. The fourth-order valence-corrected chi connectivity index (χ4v) is 0.735. The van der Waals surface area contributed by atoms with Crippen LogP contribution in [0.3, 0.4) is 0 Å². The highest BCUT2D eigenvalue weighted by molar-refractivity contribution is 5.11. The minimum Gasteiger partial charge on any atom is -0.249 e. The summed E-state index contributed by atoms with van der Waals surface area (Å²) in [6.45, 7) is 6.85. The molecule has 0 aliphatic heterocycles. The van der Waals surface area contributed by atoms with E-state index < -0.39 is 13.6 Å². The number of hydrogen-bond acceptors (Lipinski definition) is 1. The van der Waals surface area contributed by atoms with Gasteiger partial charge >= 0.3 is 0 Å². The van der Waals surface area contributed by atoms with Crippen LogP contribution in [-0.2, 0) is 0 Å². The van der Waals surface area contributed by atoms with Crippen LogP contribution in [0.5, 0.6) is 0 Å². The summed E-state index contributed by atoms with van der Waals surface area (Å²) < 4.78 is 22.7. The zero-order chi connectivity index (χ0) is 12.8. The molecule has 0 radical (unpaired) electrons. The molecule has 0 saturated carbocycles. The lowest BCUT2D eigenvalue weighted by Crippen LogP contribution is -2.20. The second-order valence-corrected chi connectivity index (χ2v) is 2.88. The molecule has 1 nitrogen and oxygen atoms in total. The van der Waals surface area contributed by atoms with E-state index in [4.69, 9.17) is 0 Å². The minimum absolute atomic E-state index is 0.438. The Kier molecular flexibility index (Phi) is 15.3. The molecule has 0 heterocycles. The summed E-state index contributed by atoms with van der Waals surface area (Å²) in [7, 11) is 0. The molecule has 0 N–H and O–H groups in total. The molecule has 1 rings (SSSR count). The summed E-state index contributed by atoms with van der Waals surface area (Å²) in [4.78, 5) is 1.04. The van der Waals surface area contributed by atoms with E-state index in [1.165, 1.54) is 5.56 Å². The molecule has 0 bridgehead atoms. The number of benzene rings is 1. The van der Waals surface area contributed by atoms with Crippen LogP contribution in [0.1, 0.15) is 26.3 Å². The third-order valence-electron chi connectivity index (χ3n) is 1.73. The van der Waals surface area contributed by atoms with Gasteiger partial charge in [-0.25, -0.2) is 13.7 Å². The zero-order valence-electron chi connectivity index (χ0n) is 10.7. The third kappa shape index (κ3) is 11.1. The summed E-state index contributed by atoms with van der Waals surface area (Å²) in [5, 5.41) is 0. The second-order valence-electron chi connectivity index (χ2n) is 2.88. The Morgan fingerprint density at radius 3 is 1.56 bits per heavy atom. The Morgan fingerprint density at radius 1 is 1.00 bits per heavy atom. The Bertz CT molecular complexity index is 205. The van der Waals surface area contributed by atoms with E-state index in [0.717, 1.165) is 4.90 Å². The topological polar surface area (TPSA) is 3.24 Å². The Labute approximate surface area is 98.1 Å². The lowest BCUT2D eigenvalue weighted by molar-refractivity contribution is 0.133. The van der Waals surface area contributed by atoms with Crippen molar-refractivity contribution in [2.75, 3.05) is 20.1 Å². The van der Waals surface area contributed by atoms with Gasteiger partial charge in [0.15, 0.2) is 0 Å². The first-order valence-electron chi connectivity index (χ1n) is 5.60. The first-order valence-corrected chi connectivity index (χ1v) is 5.60. The van der Waals surface area contributed by atoms with Crippen LogP contribution in [0.15, 0.2) is 30.3 Å². The number of hydrogen-bond donors (Lipinski definition) is 0. The Morgan fingerprint density at radius 2 is 1.44 bits per heavy atom. The van der Waals surface area contributed by atoms with Crippen molar-refractivity contribution in [1.29, 1.82) is 0 Å². The molecule has 16 heavy (non-hydrogen) atoms. The van der Waals surface area contributed by atoms with Gasteiger partial charge in [-0.15, -0.1) is 0 Å². The molecular weight excluding hydrogens is 208 g/mol. The van der Waals surface area contributed by atoms with Crippen LogP contribution >= 0.6 is 0 Å². The van der Waals surface area contributed by atoms with Crippen molar-refractivity contribution in [1.82, 2.24) is 4.90 Å². The van der Waals surface area contributed by atoms with E-state index in [1.54, 1.807) is 6.92 Å². The van der Waals surface area contributed by atoms with Crippen molar-refractivity contribution >= 4 is 0 Å². The molecule has 1 aromatic carbocycles. The summed E-state index contributed by atoms with van der Waals surface area (Å²) in [5.74, 6) is 0. The van der Waals surface area contributed by atoms with Crippen molar-refractivity contribution in [3.63, 3.8) is 0 Å². The molecule has 1 aromatic rings. The predicted octanol–water partition coefficient (Wildman–Crippen LogP) is 4.18. The molecule has 0 aromatic heterocycles. The van der Waals surface area contributed by atoms with E-state index in [-0.39, 0.29) is 0 Å². The summed E-state index contributed by atoms with van der Waals surface area (Å²) in [6, 6.07) is 10.3. The molecule has 0 fully saturated rings. The monoisotopic (exact) mass is 231 g/mol. The number of rotatable bonds is 3. The van der Waals surface area contributed by atoms with Crippen LogP contribution in [0.4, 0.5) is 8.78 Å². The predicted molar refractivity (Wildman–Crippen MR) is 66.9 cm³/mol. The largest absolute Gasteiger partial charge is 0.249 e. The maximum atomic E-state index is 11.3. The van der Waals surface area contributed by atoms with Gasteiger partial charge in [-0.1, -0.05) is 56.7 Å². The first-order chi connectivity index (χ1) is 7.74. The maximum Gasteiger partial charge on any atom is 0.144 e. The minimum atomic E-state index is -0.688. The number of halogens is 2. The second kappa shape index (κ2) is 14.0. The van der Waals surface area contributed by atoms with Crippen molar-refractivity contribution in [3.05, 3.63) is 35.9 Å². The molecule has 0 aliphatic rings. The molecule has 0 amide bonds. The van der Waals surface area contributed by atoms with Crippen LogP contribution < -0.4 is 0 Å². The fourth-order valence-electron chi connectivity index (χ4n) is 0.735. The molecule has 0 spiro atoms. The van der Waals surface area contributed by atoms with Gasteiger partial charge in [-0.3, -0.25) is 0 Å². The van der Waals surface area contributed by atoms with Crippen molar-refractivity contribution in [2.45, 2.75) is 27.7 Å². The number of nitrogens with zero attached hydrogens (tertiary/aromatic N) is 1. The van der Waals surface area contributed by atoms with E-state index in [2.05, 4.69) is 19.1 Å². The van der Waals surface area contributed by atoms with Crippen LogP contribution in [-0.4, -0.2) is 25.0 Å².